The van der Waals surface area contributed by atoms with Crippen molar-refractivity contribution >= 4 is 5.84 Å². The van der Waals surface area contributed by atoms with Crippen molar-refractivity contribution in [2.75, 3.05) is 7.11 Å². The van der Waals surface area contributed by atoms with E-state index >= 15 is 0 Å². The highest BCUT2D eigenvalue weighted by atomic mass is 16.5. The number of oxime groups is 1. The monoisotopic (exact) mass is 167 g/mol. The van der Waals surface area contributed by atoms with Crippen LogP contribution in [-0.4, -0.2) is 23.1 Å². The number of ether oxygens (including phenoxy) is 1. The molecule has 0 atom stereocenters. The largest absolute Gasteiger partial charge is 0.481 e. The first-order chi connectivity index (χ1) is 5.77. The SMILES string of the molecule is COc1cc(/C(N)=N/O)ccn1. The number of nitrogens with zero attached hydrogens (tertiary/aromatic N) is 2. The molecule has 1 aromatic heterocycles. The van der Waals surface area contributed by atoms with Crippen molar-refractivity contribution < 1.29 is 9.94 Å². The second kappa shape index (κ2) is 3.56. The molecule has 1 rings (SSSR count). The van der Waals surface area contributed by atoms with Gasteiger partial charge in [0.05, 0.1) is 7.11 Å². The molecule has 5 nitrogen and oxygen atoms in total. The molecular weight excluding hydrogens is 158 g/mol. The Morgan fingerprint density at radius 2 is 2.50 bits per heavy atom. The molecule has 1 aromatic rings. The van der Waals surface area contributed by atoms with Gasteiger partial charge in [0.2, 0.25) is 5.88 Å². The van der Waals surface area contributed by atoms with Gasteiger partial charge in [0.15, 0.2) is 5.84 Å². The Bertz CT molecular complexity index is 298. The normalized spacial score (nSPS) is 11.2. The van der Waals surface area contributed by atoms with Crippen molar-refractivity contribution in [1.82, 2.24) is 4.98 Å². The first-order valence-corrected chi connectivity index (χ1v) is 3.26. The molecule has 0 spiro atoms. The summed E-state index contributed by atoms with van der Waals surface area (Å²) < 4.78 is 4.85. The molecule has 12 heavy (non-hydrogen) atoms. The lowest BCUT2D eigenvalue weighted by Crippen LogP contribution is -2.13. The van der Waals surface area contributed by atoms with Crippen LogP contribution in [-0.2, 0) is 0 Å². The van der Waals surface area contributed by atoms with Gasteiger partial charge in [0, 0.05) is 17.8 Å². The van der Waals surface area contributed by atoms with E-state index in [9.17, 15) is 0 Å². The van der Waals surface area contributed by atoms with Crippen LogP contribution < -0.4 is 10.5 Å². The Balaban J connectivity index is 3.02. The van der Waals surface area contributed by atoms with Crippen molar-refractivity contribution in [2.45, 2.75) is 0 Å². The summed E-state index contributed by atoms with van der Waals surface area (Å²) in [6, 6.07) is 3.20. The molecule has 0 aliphatic carbocycles. The standard InChI is InChI=1S/C7H9N3O2/c1-12-6-4-5(2-3-9-6)7(8)10-11/h2-4,11H,1H3,(H2,8,10). The van der Waals surface area contributed by atoms with E-state index in [1.165, 1.54) is 13.3 Å². The van der Waals surface area contributed by atoms with E-state index in [4.69, 9.17) is 15.7 Å². The summed E-state index contributed by atoms with van der Waals surface area (Å²) in [6.07, 6.45) is 1.52. The van der Waals surface area contributed by atoms with Crippen molar-refractivity contribution in [1.29, 1.82) is 0 Å². The van der Waals surface area contributed by atoms with Crippen molar-refractivity contribution in [3.8, 4) is 5.88 Å². The molecule has 0 unspecified atom stereocenters. The van der Waals surface area contributed by atoms with Gasteiger partial charge in [-0.05, 0) is 6.07 Å². The van der Waals surface area contributed by atoms with Crippen LogP contribution in [0.1, 0.15) is 5.56 Å². The quantitative estimate of drug-likeness (QED) is 0.285. The van der Waals surface area contributed by atoms with Crippen molar-refractivity contribution in [2.24, 2.45) is 10.9 Å². The predicted molar refractivity (Wildman–Crippen MR) is 43.3 cm³/mol. The Morgan fingerprint density at radius 3 is 3.08 bits per heavy atom. The molecule has 5 heteroatoms. The number of rotatable bonds is 2. The number of aromatic nitrogens is 1. The van der Waals surface area contributed by atoms with Gasteiger partial charge in [-0.2, -0.15) is 0 Å². The van der Waals surface area contributed by atoms with Gasteiger partial charge < -0.3 is 15.7 Å². The molecule has 0 aliphatic rings. The van der Waals surface area contributed by atoms with E-state index < -0.39 is 0 Å². The Labute approximate surface area is 69.5 Å². The summed E-state index contributed by atoms with van der Waals surface area (Å²) in [5.74, 6) is 0.467. The maximum Gasteiger partial charge on any atom is 0.213 e. The Kier molecular flexibility index (Phi) is 2.47. The number of hydrogen-bond acceptors (Lipinski definition) is 4. The number of amidine groups is 1. The molecule has 0 radical (unpaired) electrons. The molecule has 3 N–H and O–H groups in total. The van der Waals surface area contributed by atoms with Crippen LogP contribution in [0, 0.1) is 0 Å². The maximum atomic E-state index is 8.35. The number of hydrogen-bond donors (Lipinski definition) is 2. The van der Waals surface area contributed by atoms with Gasteiger partial charge in [-0.15, -0.1) is 0 Å². The molecule has 0 bridgehead atoms. The first kappa shape index (κ1) is 8.32. The number of pyridine rings is 1. The highest BCUT2D eigenvalue weighted by Crippen LogP contribution is 2.07. The summed E-state index contributed by atoms with van der Waals surface area (Å²) >= 11 is 0. The van der Waals surface area contributed by atoms with Crippen LogP contribution in [0.15, 0.2) is 23.5 Å². The van der Waals surface area contributed by atoms with Gasteiger partial charge in [-0.25, -0.2) is 4.98 Å². The third-order valence-electron chi connectivity index (χ3n) is 1.35. The van der Waals surface area contributed by atoms with Gasteiger partial charge >= 0.3 is 0 Å². The zero-order valence-corrected chi connectivity index (χ0v) is 6.56. The predicted octanol–water partition coefficient (Wildman–Crippen LogP) is 0.185. The number of methoxy groups -OCH3 is 1. The fourth-order valence-corrected chi connectivity index (χ4v) is 0.738. The van der Waals surface area contributed by atoms with Crippen LogP contribution in [0.5, 0.6) is 5.88 Å². The highest BCUT2D eigenvalue weighted by molar-refractivity contribution is 5.97. The van der Waals surface area contributed by atoms with E-state index in [2.05, 4.69) is 10.1 Å². The van der Waals surface area contributed by atoms with Crippen LogP contribution in [0.25, 0.3) is 0 Å². The van der Waals surface area contributed by atoms with Crippen molar-refractivity contribution in [3.05, 3.63) is 23.9 Å². The van der Waals surface area contributed by atoms with Gasteiger partial charge in [-0.3, -0.25) is 0 Å². The summed E-state index contributed by atoms with van der Waals surface area (Å²) in [5.41, 5.74) is 5.91. The number of nitrogens with two attached hydrogens (primary N) is 1. The van der Waals surface area contributed by atoms with Gasteiger partial charge in [0.1, 0.15) is 0 Å². The van der Waals surface area contributed by atoms with Crippen LogP contribution in [0.2, 0.25) is 0 Å². The molecule has 64 valence electrons. The second-order valence-corrected chi connectivity index (χ2v) is 2.07. The molecule has 0 fully saturated rings. The van der Waals surface area contributed by atoms with E-state index in [1.54, 1.807) is 12.1 Å². The minimum Gasteiger partial charge on any atom is -0.481 e. The molecule has 0 saturated heterocycles. The fraction of sp³-hybridized carbons (Fsp3) is 0.143. The fourth-order valence-electron chi connectivity index (χ4n) is 0.738. The zero-order chi connectivity index (χ0) is 8.97. The third-order valence-corrected chi connectivity index (χ3v) is 1.35. The molecule has 0 amide bonds. The minimum atomic E-state index is 0.0377. The Morgan fingerprint density at radius 1 is 1.75 bits per heavy atom. The average Bonchev–Trinajstić information content (AvgIpc) is 2.17. The minimum absolute atomic E-state index is 0.0377. The van der Waals surface area contributed by atoms with Crippen LogP contribution in [0.4, 0.5) is 0 Å². The molecule has 1 heterocycles. The van der Waals surface area contributed by atoms with Crippen LogP contribution in [0.3, 0.4) is 0 Å². The smallest absolute Gasteiger partial charge is 0.213 e. The topological polar surface area (TPSA) is 80.7 Å². The molecule has 0 saturated carbocycles. The molecule has 0 aliphatic heterocycles. The lowest BCUT2D eigenvalue weighted by Gasteiger charge is -2.00. The molecule has 0 aromatic carbocycles. The van der Waals surface area contributed by atoms with Crippen molar-refractivity contribution in [3.63, 3.8) is 0 Å². The van der Waals surface area contributed by atoms with E-state index in [0.717, 1.165) is 0 Å². The van der Waals surface area contributed by atoms with Crippen LogP contribution >= 0.6 is 0 Å². The summed E-state index contributed by atoms with van der Waals surface area (Å²) in [4.78, 5) is 3.86. The van der Waals surface area contributed by atoms with E-state index in [0.29, 0.717) is 11.4 Å². The molecular formula is C7H9N3O2. The zero-order valence-electron chi connectivity index (χ0n) is 6.56. The third kappa shape index (κ3) is 1.63. The lowest BCUT2D eigenvalue weighted by molar-refractivity contribution is 0.318. The van der Waals surface area contributed by atoms with E-state index in [1.807, 2.05) is 0 Å². The summed E-state index contributed by atoms with van der Waals surface area (Å²) in [7, 11) is 1.50. The highest BCUT2D eigenvalue weighted by Gasteiger charge is 2.00. The maximum absolute atomic E-state index is 8.35. The summed E-state index contributed by atoms with van der Waals surface area (Å²) in [5, 5.41) is 11.2. The van der Waals surface area contributed by atoms with Gasteiger partial charge in [0.25, 0.3) is 0 Å². The van der Waals surface area contributed by atoms with Gasteiger partial charge in [-0.1, -0.05) is 5.16 Å². The summed E-state index contributed by atoms with van der Waals surface area (Å²) in [6.45, 7) is 0. The average molecular weight is 167 g/mol. The lowest BCUT2D eigenvalue weighted by atomic mass is 10.2. The Hall–Kier alpha value is -1.78. The second-order valence-electron chi connectivity index (χ2n) is 2.07. The van der Waals surface area contributed by atoms with E-state index in [-0.39, 0.29) is 5.84 Å². The first-order valence-electron chi connectivity index (χ1n) is 3.26.